The summed E-state index contributed by atoms with van der Waals surface area (Å²) in [6.45, 7) is 1.65. The molecule has 0 aliphatic rings. The average Bonchev–Trinajstić information content (AvgIpc) is 3.21. The van der Waals surface area contributed by atoms with Crippen molar-refractivity contribution in [3.8, 4) is 17.2 Å². The summed E-state index contributed by atoms with van der Waals surface area (Å²) in [4.78, 5) is 25.5. The maximum absolute atomic E-state index is 12.9. The second kappa shape index (κ2) is 7.61. The van der Waals surface area contributed by atoms with Crippen molar-refractivity contribution in [1.29, 1.82) is 0 Å². The molecule has 5 nitrogen and oxygen atoms in total. The van der Waals surface area contributed by atoms with Crippen LogP contribution in [0.3, 0.4) is 0 Å². The van der Waals surface area contributed by atoms with Crippen molar-refractivity contribution in [1.82, 2.24) is 0 Å². The van der Waals surface area contributed by atoms with Gasteiger partial charge in [0.1, 0.15) is 27.7 Å². The number of halogens is 1. The third kappa shape index (κ3) is 3.58. The SMILES string of the molecule is Cc1oc2cc(OC(=O)c3cccs3)ccc2c(=O)c1Oc1ccccc1Br. The molecule has 0 bridgehead atoms. The van der Waals surface area contributed by atoms with E-state index in [0.717, 1.165) is 4.47 Å². The van der Waals surface area contributed by atoms with Crippen LogP contribution < -0.4 is 14.9 Å². The summed E-state index contributed by atoms with van der Waals surface area (Å²) in [5.41, 5.74) is 0.0177. The monoisotopic (exact) mass is 456 g/mol. The summed E-state index contributed by atoms with van der Waals surface area (Å²) in [5.74, 6) is 0.798. The molecule has 7 heteroatoms. The Balaban J connectivity index is 1.69. The van der Waals surface area contributed by atoms with Crippen LogP contribution >= 0.6 is 27.3 Å². The number of aryl methyl sites for hydroxylation is 1. The first-order valence-electron chi connectivity index (χ1n) is 8.28. The molecule has 2 heterocycles. The van der Waals surface area contributed by atoms with Gasteiger partial charge in [-0.05, 0) is 58.6 Å². The van der Waals surface area contributed by atoms with Gasteiger partial charge in [-0.3, -0.25) is 4.79 Å². The van der Waals surface area contributed by atoms with Crippen molar-refractivity contribution in [2.45, 2.75) is 6.92 Å². The Bertz CT molecular complexity index is 1230. The minimum Gasteiger partial charge on any atom is -0.457 e. The van der Waals surface area contributed by atoms with Crippen molar-refractivity contribution in [3.63, 3.8) is 0 Å². The van der Waals surface area contributed by atoms with E-state index in [1.807, 2.05) is 18.2 Å². The molecule has 4 rings (SSSR count). The Kier molecular flexibility index (Phi) is 5.02. The number of hydrogen-bond acceptors (Lipinski definition) is 6. The molecule has 0 aliphatic heterocycles. The number of carbonyl (C=O) groups excluding carboxylic acids is 1. The highest BCUT2D eigenvalue weighted by molar-refractivity contribution is 9.10. The second-order valence-corrected chi connectivity index (χ2v) is 7.68. The van der Waals surface area contributed by atoms with Crippen molar-refractivity contribution in [2.75, 3.05) is 0 Å². The average molecular weight is 457 g/mol. The Labute approximate surface area is 172 Å². The maximum atomic E-state index is 12.9. The number of esters is 1. The molecule has 0 aliphatic carbocycles. The molecular weight excluding hydrogens is 444 g/mol. The maximum Gasteiger partial charge on any atom is 0.353 e. The van der Waals surface area contributed by atoms with Crippen LogP contribution in [-0.2, 0) is 0 Å². The Morgan fingerprint density at radius 2 is 1.93 bits per heavy atom. The molecule has 0 unspecified atom stereocenters. The Morgan fingerprint density at radius 3 is 2.68 bits per heavy atom. The molecule has 28 heavy (non-hydrogen) atoms. The quantitative estimate of drug-likeness (QED) is 0.281. The minimum absolute atomic E-state index is 0.114. The molecule has 140 valence electrons. The molecule has 0 atom stereocenters. The van der Waals surface area contributed by atoms with Crippen molar-refractivity contribution in [2.24, 2.45) is 0 Å². The number of carbonyl (C=O) groups is 1. The summed E-state index contributed by atoms with van der Waals surface area (Å²) in [6, 6.07) is 15.3. The van der Waals surface area contributed by atoms with Crippen LogP contribution in [0.4, 0.5) is 0 Å². The molecular formula is C21H13BrO5S. The fourth-order valence-corrected chi connectivity index (χ4v) is 3.60. The van der Waals surface area contributed by atoms with Gasteiger partial charge < -0.3 is 13.9 Å². The van der Waals surface area contributed by atoms with Crippen LogP contribution in [0.5, 0.6) is 17.2 Å². The predicted octanol–water partition coefficient (Wildman–Crippen LogP) is 5.94. The third-order valence-electron chi connectivity index (χ3n) is 3.97. The molecule has 0 radical (unpaired) electrons. The number of thiophene rings is 1. The van der Waals surface area contributed by atoms with Gasteiger partial charge in [0, 0.05) is 6.07 Å². The molecule has 0 saturated heterocycles. The standard InChI is InChI=1S/C21H13BrO5S/c1-12-20(27-16-6-3-2-5-15(16)22)19(23)14-9-8-13(11-17(14)25-12)26-21(24)18-7-4-10-28-18/h2-11H,1H3. The van der Waals surface area contributed by atoms with Crippen LogP contribution in [0.2, 0.25) is 0 Å². The van der Waals surface area contributed by atoms with Crippen LogP contribution in [0.1, 0.15) is 15.4 Å². The zero-order valence-corrected chi connectivity index (χ0v) is 17.0. The fourth-order valence-electron chi connectivity index (χ4n) is 2.64. The van der Waals surface area contributed by atoms with Crippen molar-refractivity contribution >= 4 is 44.2 Å². The van der Waals surface area contributed by atoms with Crippen molar-refractivity contribution < 1.29 is 18.7 Å². The van der Waals surface area contributed by atoms with E-state index in [1.54, 1.807) is 42.6 Å². The van der Waals surface area contributed by atoms with E-state index >= 15 is 0 Å². The predicted molar refractivity (Wildman–Crippen MR) is 111 cm³/mol. The third-order valence-corrected chi connectivity index (χ3v) is 5.47. The molecule has 2 aromatic carbocycles. The van der Waals surface area contributed by atoms with Crippen LogP contribution in [0, 0.1) is 6.92 Å². The lowest BCUT2D eigenvalue weighted by atomic mass is 10.2. The minimum atomic E-state index is -0.456. The van der Waals surface area contributed by atoms with E-state index in [4.69, 9.17) is 13.9 Å². The van der Waals surface area contributed by atoms with Crippen LogP contribution in [0.15, 0.2) is 73.7 Å². The lowest BCUT2D eigenvalue weighted by Gasteiger charge is -2.10. The number of benzene rings is 2. The Hall–Kier alpha value is -2.90. The normalized spacial score (nSPS) is 10.8. The van der Waals surface area contributed by atoms with Crippen LogP contribution in [0.25, 0.3) is 11.0 Å². The number of ether oxygens (including phenoxy) is 2. The zero-order valence-electron chi connectivity index (χ0n) is 14.6. The summed E-state index contributed by atoms with van der Waals surface area (Å²) < 4.78 is 17.6. The lowest BCUT2D eigenvalue weighted by molar-refractivity contribution is 0.0740. The van der Waals surface area contributed by atoms with Gasteiger partial charge in [-0.25, -0.2) is 4.79 Å². The highest BCUT2D eigenvalue weighted by atomic mass is 79.9. The molecule has 0 fully saturated rings. The fraction of sp³-hybridized carbons (Fsp3) is 0.0476. The number of fused-ring (bicyclic) bond motifs is 1. The van der Waals surface area contributed by atoms with Gasteiger partial charge in [-0.1, -0.05) is 18.2 Å². The summed E-state index contributed by atoms with van der Waals surface area (Å²) >= 11 is 4.69. The summed E-state index contributed by atoms with van der Waals surface area (Å²) in [7, 11) is 0. The van der Waals surface area contributed by atoms with Gasteiger partial charge in [0.15, 0.2) is 0 Å². The van der Waals surface area contributed by atoms with E-state index in [9.17, 15) is 9.59 Å². The number of para-hydroxylation sites is 1. The summed E-state index contributed by atoms with van der Waals surface area (Å²) in [6.07, 6.45) is 0. The highest BCUT2D eigenvalue weighted by Crippen LogP contribution is 2.31. The first-order chi connectivity index (χ1) is 13.5. The molecule has 0 N–H and O–H groups in total. The molecule has 0 amide bonds. The van der Waals surface area contributed by atoms with Gasteiger partial charge in [0.25, 0.3) is 0 Å². The van der Waals surface area contributed by atoms with Gasteiger partial charge in [-0.15, -0.1) is 11.3 Å². The summed E-state index contributed by atoms with van der Waals surface area (Å²) in [5, 5.41) is 2.13. The van der Waals surface area contributed by atoms with E-state index in [2.05, 4.69) is 15.9 Å². The topological polar surface area (TPSA) is 65.7 Å². The van der Waals surface area contributed by atoms with Crippen molar-refractivity contribution in [3.05, 3.63) is 85.3 Å². The number of rotatable bonds is 4. The molecule has 2 aromatic heterocycles. The molecule has 4 aromatic rings. The van der Waals surface area contributed by atoms with E-state index in [1.165, 1.54) is 17.4 Å². The Morgan fingerprint density at radius 1 is 1.11 bits per heavy atom. The van der Waals surface area contributed by atoms with E-state index in [-0.39, 0.29) is 11.2 Å². The highest BCUT2D eigenvalue weighted by Gasteiger charge is 2.16. The van der Waals surface area contributed by atoms with Gasteiger partial charge in [0.2, 0.25) is 11.2 Å². The molecule has 0 saturated carbocycles. The van der Waals surface area contributed by atoms with Gasteiger partial charge >= 0.3 is 5.97 Å². The lowest BCUT2D eigenvalue weighted by Crippen LogP contribution is -2.09. The first kappa shape index (κ1) is 18.5. The van der Waals surface area contributed by atoms with E-state index < -0.39 is 5.97 Å². The van der Waals surface area contributed by atoms with E-state index in [0.29, 0.717) is 33.1 Å². The molecule has 0 spiro atoms. The zero-order chi connectivity index (χ0) is 19.7. The largest absolute Gasteiger partial charge is 0.457 e. The smallest absolute Gasteiger partial charge is 0.353 e. The number of hydrogen-bond donors (Lipinski definition) is 0. The second-order valence-electron chi connectivity index (χ2n) is 5.87. The van der Waals surface area contributed by atoms with Gasteiger partial charge in [0.05, 0.1) is 9.86 Å². The first-order valence-corrected chi connectivity index (χ1v) is 9.96. The van der Waals surface area contributed by atoms with Gasteiger partial charge in [-0.2, -0.15) is 0 Å². The van der Waals surface area contributed by atoms with Crippen LogP contribution in [-0.4, -0.2) is 5.97 Å².